The van der Waals surface area contributed by atoms with Gasteiger partial charge in [0, 0.05) is 29.9 Å². The number of nitrogens with one attached hydrogen (secondary N) is 2. The van der Waals surface area contributed by atoms with Crippen molar-refractivity contribution in [2.24, 2.45) is 0 Å². The Labute approximate surface area is 158 Å². The highest BCUT2D eigenvalue weighted by molar-refractivity contribution is 6.26. The third kappa shape index (κ3) is 3.65. The van der Waals surface area contributed by atoms with Gasteiger partial charge in [-0.1, -0.05) is 54.9 Å². The summed E-state index contributed by atoms with van der Waals surface area (Å²) < 4.78 is 0. The highest BCUT2D eigenvalue weighted by atomic mass is 35.5. The van der Waals surface area contributed by atoms with Gasteiger partial charge in [-0.25, -0.2) is 0 Å². The summed E-state index contributed by atoms with van der Waals surface area (Å²) in [6, 6.07) is 13.6. The van der Waals surface area contributed by atoms with Crippen LogP contribution < -0.4 is 10.6 Å². The molecule has 0 radical (unpaired) electrons. The first-order valence-corrected chi connectivity index (χ1v) is 9.00. The van der Waals surface area contributed by atoms with E-state index in [0.717, 1.165) is 27.6 Å². The first-order chi connectivity index (χ1) is 12.4. The summed E-state index contributed by atoms with van der Waals surface area (Å²) in [6.07, 6.45) is 3.82. The molecule has 0 aliphatic rings. The Balaban J connectivity index is 1.89. The van der Waals surface area contributed by atoms with Gasteiger partial charge in [-0.05, 0) is 36.4 Å². The number of hydrogen-bond acceptors (Lipinski definition) is 3. The average Bonchev–Trinajstić information content (AvgIpc) is 2.65. The lowest BCUT2D eigenvalue weighted by Crippen LogP contribution is -2.49. The van der Waals surface area contributed by atoms with E-state index in [1.165, 1.54) is 0 Å². The molecule has 26 heavy (non-hydrogen) atoms. The average molecular weight is 368 g/mol. The predicted octanol–water partition coefficient (Wildman–Crippen LogP) is 5.00. The number of rotatable bonds is 5. The van der Waals surface area contributed by atoms with Crippen molar-refractivity contribution >= 4 is 34.0 Å². The number of alkyl halides is 1. The number of aromatic nitrogens is 1. The van der Waals surface area contributed by atoms with Crippen molar-refractivity contribution in [3.63, 3.8) is 0 Å². The fourth-order valence-electron chi connectivity index (χ4n) is 2.85. The summed E-state index contributed by atoms with van der Waals surface area (Å²) >= 11 is 6.72. The summed E-state index contributed by atoms with van der Waals surface area (Å²) in [5.41, 5.74) is 3.67. The fraction of sp³-hybridized carbons (Fsp3) is 0.238. The van der Waals surface area contributed by atoms with Crippen molar-refractivity contribution in [3.8, 4) is 0 Å². The largest absolute Gasteiger partial charge is 0.350 e. The number of benzene rings is 2. The normalized spacial score (nSPS) is 13.2. The maximum Gasteiger partial charge on any atom is 0.256 e. The number of halogens is 1. The summed E-state index contributed by atoms with van der Waals surface area (Å²) in [5, 5.41) is 6.87. The van der Waals surface area contributed by atoms with Crippen LogP contribution in [-0.2, 0) is 0 Å². The molecular weight excluding hydrogens is 346 g/mol. The summed E-state index contributed by atoms with van der Waals surface area (Å²) in [4.78, 5) is 17.1. The Kier molecular flexibility index (Phi) is 5.14. The third-order valence-corrected chi connectivity index (χ3v) is 5.11. The highest BCUT2D eigenvalue weighted by Gasteiger charge is 2.28. The Morgan fingerprint density at radius 2 is 1.88 bits per heavy atom. The number of hydrogen-bond donors (Lipinski definition) is 2. The molecule has 0 spiro atoms. The number of pyridine rings is 1. The molecule has 5 heteroatoms. The van der Waals surface area contributed by atoms with Crippen LogP contribution >= 0.6 is 11.6 Å². The van der Waals surface area contributed by atoms with Crippen LogP contribution in [0.4, 0.5) is 5.69 Å². The van der Waals surface area contributed by atoms with Crippen LogP contribution in [0.3, 0.4) is 0 Å². The monoisotopic (exact) mass is 367 g/mol. The van der Waals surface area contributed by atoms with Gasteiger partial charge < -0.3 is 10.6 Å². The number of fused-ring (bicyclic) bond motifs is 1. The van der Waals surface area contributed by atoms with Crippen molar-refractivity contribution in [3.05, 3.63) is 71.5 Å². The lowest BCUT2D eigenvalue weighted by atomic mass is 10.1. The second-order valence-corrected chi connectivity index (χ2v) is 7.03. The van der Waals surface area contributed by atoms with Crippen LogP contribution in [0.15, 0.2) is 54.9 Å². The van der Waals surface area contributed by atoms with Gasteiger partial charge in [0.25, 0.3) is 5.91 Å². The number of nitrogens with zero attached hydrogens (tertiary/aromatic N) is 1. The minimum Gasteiger partial charge on any atom is -0.350 e. The van der Waals surface area contributed by atoms with Crippen LogP contribution in [0.25, 0.3) is 10.8 Å². The third-order valence-electron chi connectivity index (χ3n) is 4.65. The standard InChI is InChI=1S/C21H22ClN3O/c1-4-21(22,24-19-11-7-8-14(2)15(19)3)25-20(26)18-13-23-12-16-9-5-6-10-17(16)18/h5-13,24H,4H2,1-3H3,(H,25,26). The zero-order chi connectivity index (χ0) is 18.7. The van der Waals surface area contributed by atoms with E-state index in [1.807, 2.05) is 63.2 Å². The second-order valence-electron chi connectivity index (χ2n) is 6.39. The van der Waals surface area contributed by atoms with E-state index in [2.05, 4.69) is 15.6 Å². The number of carbonyl (C=O) groups is 1. The molecule has 1 unspecified atom stereocenters. The van der Waals surface area contributed by atoms with Gasteiger partial charge in [-0.3, -0.25) is 9.78 Å². The zero-order valence-electron chi connectivity index (χ0n) is 15.1. The van der Waals surface area contributed by atoms with E-state index < -0.39 is 5.12 Å². The van der Waals surface area contributed by atoms with Crippen molar-refractivity contribution < 1.29 is 4.79 Å². The fourth-order valence-corrected chi connectivity index (χ4v) is 3.04. The maximum absolute atomic E-state index is 12.9. The van der Waals surface area contributed by atoms with Gasteiger partial charge in [0.2, 0.25) is 0 Å². The minimum absolute atomic E-state index is 0.260. The maximum atomic E-state index is 12.9. The molecule has 1 atom stereocenters. The van der Waals surface area contributed by atoms with Gasteiger partial charge >= 0.3 is 0 Å². The van der Waals surface area contributed by atoms with E-state index in [9.17, 15) is 4.79 Å². The van der Waals surface area contributed by atoms with Gasteiger partial charge in [0.1, 0.15) is 0 Å². The van der Waals surface area contributed by atoms with Crippen LogP contribution in [0, 0.1) is 13.8 Å². The van der Waals surface area contributed by atoms with Gasteiger partial charge in [-0.15, -0.1) is 0 Å². The predicted molar refractivity (Wildman–Crippen MR) is 108 cm³/mol. The Morgan fingerprint density at radius 3 is 2.65 bits per heavy atom. The number of amides is 1. The van der Waals surface area contributed by atoms with Crippen molar-refractivity contribution in [2.75, 3.05) is 5.32 Å². The molecule has 3 aromatic rings. The van der Waals surface area contributed by atoms with Gasteiger partial charge in [0.05, 0.1) is 5.56 Å². The van der Waals surface area contributed by atoms with Gasteiger partial charge in [0.15, 0.2) is 5.12 Å². The molecule has 0 fully saturated rings. The first kappa shape index (κ1) is 18.2. The van der Waals surface area contributed by atoms with E-state index in [4.69, 9.17) is 11.6 Å². The van der Waals surface area contributed by atoms with Crippen LogP contribution in [0.1, 0.15) is 34.8 Å². The van der Waals surface area contributed by atoms with Crippen molar-refractivity contribution in [1.82, 2.24) is 10.3 Å². The molecular formula is C21H22ClN3O. The van der Waals surface area contributed by atoms with Crippen molar-refractivity contribution in [2.45, 2.75) is 32.3 Å². The van der Waals surface area contributed by atoms with Crippen LogP contribution in [0.5, 0.6) is 0 Å². The van der Waals surface area contributed by atoms with Crippen LogP contribution in [-0.4, -0.2) is 16.0 Å². The molecule has 0 bridgehead atoms. The second kappa shape index (κ2) is 7.34. The Hall–Kier alpha value is -2.59. The summed E-state index contributed by atoms with van der Waals surface area (Å²) in [5.74, 6) is -0.260. The molecule has 1 aromatic heterocycles. The van der Waals surface area contributed by atoms with E-state index in [0.29, 0.717) is 12.0 Å². The number of aryl methyl sites for hydroxylation is 1. The number of anilines is 1. The molecule has 0 aliphatic carbocycles. The van der Waals surface area contributed by atoms with Crippen molar-refractivity contribution in [1.29, 1.82) is 0 Å². The lowest BCUT2D eigenvalue weighted by Gasteiger charge is -2.30. The number of carbonyl (C=O) groups excluding carboxylic acids is 1. The highest BCUT2D eigenvalue weighted by Crippen LogP contribution is 2.26. The molecule has 0 aliphatic heterocycles. The SMILES string of the molecule is CCC(Cl)(NC(=O)c1cncc2ccccc12)Nc1cccc(C)c1C. The zero-order valence-corrected chi connectivity index (χ0v) is 15.9. The first-order valence-electron chi connectivity index (χ1n) is 8.62. The molecule has 4 nitrogen and oxygen atoms in total. The van der Waals surface area contributed by atoms with E-state index in [1.54, 1.807) is 12.4 Å². The molecule has 0 saturated heterocycles. The van der Waals surface area contributed by atoms with E-state index >= 15 is 0 Å². The Bertz CT molecular complexity index is 952. The van der Waals surface area contributed by atoms with Gasteiger partial charge in [-0.2, -0.15) is 0 Å². The molecule has 2 N–H and O–H groups in total. The lowest BCUT2D eigenvalue weighted by molar-refractivity contribution is 0.0933. The molecule has 2 aromatic carbocycles. The molecule has 3 rings (SSSR count). The summed E-state index contributed by atoms with van der Waals surface area (Å²) in [6.45, 7) is 6.00. The summed E-state index contributed by atoms with van der Waals surface area (Å²) in [7, 11) is 0. The molecule has 0 saturated carbocycles. The molecule has 1 heterocycles. The topological polar surface area (TPSA) is 54.0 Å². The smallest absolute Gasteiger partial charge is 0.256 e. The van der Waals surface area contributed by atoms with Crippen LogP contribution in [0.2, 0.25) is 0 Å². The quantitative estimate of drug-likeness (QED) is 0.379. The minimum atomic E-state index is -1.09. The van der Waals surface area contributed by atoms with E-state index in [-0.39, 0.29) is 5.91 Å². The molecule has 1 amide bonds. The molecule has 134 valence electrons. The Morgan fingerprint density at radius 1 is 1.12 bits per heavy atom.